The van der Waals surface area contributed by atoms with Crippen LogP contribution < -0.4 is 10.5 Å². The molecule has 10 nitrogen and oxygen atoms in total. The molecule has 0 saturated heterocycles. The van der Waals surface area contributed by atoms with Crippen molar-refractivity contribution in [3.63, 3.8) is 0 Å². The minimum atomic E-state index is -6.20. The minimum absolute atomic E-state index is 0.0531. The first-order valence-electron chi connectivity index (χ1n) is 12.1. The van der Waals surface area contributed by atoms with Crippen LogP contribution >= 0.6 is 11.6 Å². The molecule has 2 amide bonds. The molecule has 0 atom stereocenters. The van der Waals surface area contributed by atoms with E-state index < -0.39 is 59.6 Å². The number of aromatic nitrogens is 2. The molecular weight excluding hydrogens is 617 g/mol. The van der Waals surface area contributed by atoms with Gasteiger partial charge in [0.15, 0.2) is 17.3 Å². The topological polar surface area (TPSA) is 136 Å². The van der Waals surface area contributed by atoms with Crippen LogP contribution in [0.5, 0.6) is 5.75 Å². The molecule has 0 bridgehead atoms. The summed E-state index contributed by atoms with van der Waals surface area (Å²) in [5.74, 6) is -9.25. The third kappa shape index (κ3) is 6.69. The summed E-state index contributed by atoms with van der Waals surface area (Å²) >= 11 is 6.22. The number of ether oxygens (including phenoxy) is 2. The summed E-state index contributed by atoms with van der Waals surface area (Å²) in [6.07, 6.45) is -5.87. The Bertz CT molecular complexity index is 1510. The van der Waals surface area contributed by atoms with Gasteiger partial charge in [0.25, 0.3) is 5.91 Å². The highest BCUT2D eigenvalue weighted by Gasteiger charge is 2.62. The van der Waals surface area contributed by atoms with E-state index in [-0.39, 0.29) is 34.6 Å². The fraction of sp³-hybridized carbons (Fsp3) is 0.400. The van der Waals surface area contributed by atoms with Crippen molar-refractivity contribution < 1.29 is 49.8 Å². The van der Waals surface area contributed by atoms with Crippen LogP contribution in [0.1, 0.15) is 48.3 Å². The lowest BCUT2D eigenvalue weighted by molar-refractivity contribution is -0.291. The zero-order chi connectivity index (χ0) is 32.5. The molecule has 0 aliphatic heterocycles. The first kappa shape index (κ1) is 33.2. The van der Waals surface area contributed by atoms with E-state index in [2.05, 4.69) is 14.8 Å². The van der Waals surface area contributed by atoms with Crippen LogP contribution in [-0.4, -0.2) is 57.3 Å². The van der Waals surface area contributed by atoms with Gasteiger partial charge in [-0.25, -0.2) is 19.4 Å². The molecule has 0 unspecified atom stereocenters. The maximum absolute atomic E-state index is 14.1. The van der Waals surface area contributed by atoms with E-state index in [1.165, 1.54) is 26.0 Å². The van der Waals surface area contributed by atoms with Crippen LogP contribution in [0.15, 0.2) is 29.4 Å². The normalized spacial score (nSPS) is 15.1. The van der Waals surface area contributed by atoms with Crippen LogP contribution in [-0.2, 0) is 17.7 Å². The van der Waals surface area contributed by atoms with Crippen LogP contribution in [0.4, 0.5) is 41.3 Å². The number of allylic oxidation sites excluding steroid dienone is 1. The second kappa shape index (κ2) is 12.1. The molecule has 2 aromatic rings. The molecule has 1 saturated carbocycles. The number of aryl methyl sites for hydroxylation is 1. The maximum Gasteiger partial charge on any atom is 0.459 e. The number of alkyl halides is 7. The van der Waals surface area contributed by atoms with Gasteiger partial charge in [0.1, 0.15) is 5.54 Å². The van der Waals surface area contributed by atoms with E-state index in [0.717, 1.165) is 25.5 Å². The molecule has 1 aromatic carbocycles. The van der Waals surface area contributed by atoms with E-state index in [4.69, 9.17) is 22.1 Å². The second-order valence-electron chi connectivity index (χ2n) is 9.37. The highest BCUT2D eigenvalue weighted by Crippen LogP contribution is 2.49. The molecule has 1 aromatic heterocycles. The summed E-state index contributed by atoms with van der Waals surface area (Å²) in [5.41, 5.74) is 1.68. The smallest absolute Gasteiger partial charge is 0.446 e. The van der Waals surface area contributed by atoms with Gasteiger partial charge in [0.05, 0.1) is 22.8 Å². The first-order chi connectivity index (χ1) is 19.9. The summed E-state index contributed by atoms with van der Waals surface area (Å²) < 4.78 is 102. The van der Waals surface area contributed by atoms with Gasteiger partial charge in [-0.1, -0.05) is 17.7 Å². The van der Waals surface area contributed by atoms with Crippen molar-refractivity contribution in [1.82, 2.24) is 14.7 Å². The lowest BCUT2D eigenvalue weighted by Gasteiger charge is -2.26. The monoisotopic (exact) mass is 638 g/mol. The Balaban J connectivity index is 2.05. The zero-order valence-electron chi connectivity index (χ0n) is 22.4. The second-order valence-corrected chi connectivity index (χ2v) is 9.77. The number of hydrogen-bond acceptors (Lipinski definition) is 8. The van der Waals surface area contributed by atoms with Gasteiger partial charge in [0, 0.05) is 25.0 Å². The Labute approximate surface area is 244 Å². The molecule has 18 heteroatoms. The number of hydrogen-bond donors (Lipinski definition) is 1. The van der Waals surface area contributed by atoms with Crippen LogP contribution in [0.25, 0.3) is 5.57 Å². The van der Waals surface area contributed by atoms with Crippen LogP contribution in [0, 0.1) is 11.3 Å². The summed E-state index contributed by atoms with van der Waals surface area (Å²) in [4.78, 5) is 30.6. The fourth-order valence-electron chi connectivity index (χ4n) is 3.72. The Hall–Kier alpha value is -4.33. The Morgan fingerprint density at radius 2 is 1.88 bits per heavy atom. The van der Waals surface area contributed by atoms with Crippen molar-refractivity contribution in [2.45, 2.75) is 57.0 Å². The number of aliphatic imine (C=N–C) groups is 1. The number of carbonyl (C=O) groups is 2. The maximum atomic E-state index is 14.1. The number of halogens is 8. The molecular formula is C25H22ClF7N6O4. The molecule has 1 aliphatic rings. The first-order valence-corrected chi connectivity index (χ1v) is 12.5. The number of nitrogens with two attached hydrogens (primary N) is 1. The summed E-state index contributed by atoms with van der Waals surface area (Å²) in [6.45, 7) is -0.750. The Morgan fingerprint density at radius 3 is 2.37 bits per heavy atom. The van der Waals surface area contributed by atoms with Crippen molar-refractivity contribution in [3.8, 4) is 11.8 Å². The van der Waals surface area contributed by atoms with E-state index in [1.807, 2.05) is 6.07 Å². The zero-order valence-corrected chi connectivity index (χ0v) is 23.2. The van der Waals surface area contributed by atoms with Crippen molar-refractivity contribution in [2.24, 2.45) is 17.8 Å². The highest BCUT2D eigenvalue weighted by atomic mass is 35.5. The van der Waals surface area contributed by atoms with Crippen molar-refractivity contribution in [1.29, 1.82) is 5.26 Å². The number of rotatable bonds is 9. The molecule has 0 spiro atoms. The van der Waals surface area contributed by atoms with Crippen LogP contribution in [0.2, 0.25) is 5.02 Å². The standard InChI is InChI=1S/C25H22ClF7N6O4/c1-12(2)42-22(41)39(23(11-35)6-7-23)20(40)15-8-13(4-5-16(15)26)14(9-34)10-36-19-17(43-21(27)28)18(37-38(19)3)24(29,30)25(31,32)33/h4-5,8-10,12,21H,6-7,34H2,1-3H3/b14-9+,36-10+. The summed E-state index contributed by atoms with van der Waals surface area (Å²) in [6, 6.07) is 5.59. The predicted octanol–water partition coefficient (Wildman–Crippen LogP) is 6.07. The number of amides is 2. The molecule has 1 heterocycles. The molecule has 2 N–H and O–H groups in total. The third-order valence-electron chi connectivity index (χ3n) is 5.95. The van der Waals surface area contributed by atoms with E-state index in [9.17, 15) is 45.6 Å². The fourth-order valence-corrected chi connectivity index (χ4v) is 3.92. The van der Waals surface area contributed by atoms with Gasteiger partial charge in [-0.15, -0.1) is 0 Å². The molecule has 1 fully saturated rings. The lowest BCUT2D eigenvalue weighted by atomic mass is 10.0. The largest absolute Gasteiger partial charge is 0.459 e. The average Bonchev–Trinajstić information content (AvgIpc) is 3.62. The van der Waals surface area contributed by atoms with E-state index in [1.54, 1.807) is 0 Å². The number of carbonyl (C=O) groups excluding carboxylic acids is 2. The van der Waals surface area contributed by atoms with Gasteiger partial charge in [0.2, 0.25) is 0 Å². The minimum Gasteiger partial charge on any atom is -0.446 e. The molecule has 1 aliphatic carbocycles. The molecule has 3 rings (SSSR count). The molecule has 43 heavy (non-hydrogen) atoms. The highest BCUT2D eigenvalue weighted by molar-refractivity contribution is 6.34. The number of nitrogens with zero attached hydrogens (tertiary/aromatic N) is 5. The van der Waals surface area contributed by atoms with Gasteiger partial charge in [-0.2, -0.15) is 41.1 Å². The lowest BCUT2D eigenvalue weighted by Crippen LogP contribution is -2.47. The number of nitriles is 1. The van der Waals surface area contributed by atoms with Gasteiger partial charge < -0.3 is 15.2 Å². The van der Waals surface area contributed by atoms with Gasteiger partial charge in [-0.3, -0.25) is 4.79 Å². The molecule has 0 radical (unpaired) electrons. The summed E-state index contributed by atoms with van der Waals surface area (Å²) in [7, 11) is 0.861. The van der Waals surface area contributed by atoms with E-state index >= 15 is 0 Å². The SMILES string of the molecule is CC(C)OC(=O)N(C(=O)c1cc(C(=C/N)/C=N/c2c(OC(F)F)c(C(F)(F)C(F)(F)F)nn2C)ccc1Cl)C1(C#N)CC1. The average molecular weight is 639 g/mol. The van der Waals surface area contributed by atoms with Crippen molar-refractivity contribution in [3.05, 3.63) is 46.2 Å². The summed E-state index contributed by atoms with van der Waals surface area (Å²) in [5, 5.41) is 12.5. The molecule has 232 valence electrons. The number of imide groups is 1. The van der Waals surface area contributed by atoms with Crippen molar-refractivity contribution >= 4 is 41.2 Å². The quantitative estimate of drug-likeness (QED) is 0.260. The van der Waals surface area contributed by atoms with Crippen molar-refractivity contribution in [2.75, 3.05) is 0 Å². The van der Waals surface area contributed by atoms with Crippen LogP contribution in [0.3, 0.4) is 0 Å². The predicted molar refractivity (Wildman–Crippen MR) is 137 cm³/mol. The van der Waals surface area contributed by atoms with Gasteiger partial charge >= 0.3 is 24.8 Å². The Kier molecular flexibility index (Phi) is 9.34. The number of benzene rings is 1. The third-order valence-corrected chi connectivity index (χ3v) is 6.28. The van der Waals surface area contributed by atoms with Gasteiger partial charge in [-0.05, 0) is 44.4 Å². The Morgan fingerprint density at radius 1 is 1.26 bits per heavy atom. The van der Waals surface area contributed by atoms with E-state index in [0.29, 0.717) is 9.58 Å².